The number of hydrogen-bond donors (Lipinski definition) is 2. The fraction of sp³-hybridized carbons (Fsp3) is 0.333. The number of amides is 1. The Labute approximate surface area is 122 Å². The van der Waals surface area contributed by atoms with Crippen molar-refractivity contribution in [1.29, 1.82) is 0 Å². The van der Waals surface area contributed by atoms with E-state index in [9.17, 15) is 9.59 Å². The molecule has 0 bridgehead atoms. The molecule has 108 valence electrons. The number of aromatic nitrogens is 3. The first-order chi connectivity index (χ1) is 10.2. The van der Waals surface area contributed by atoms with Crippen molar-refractivity contribution in [2.75, 3.05) is 5.32 Å². The Kier molecular flexibility index (Phi) is 3.77. The smallest absolute Gasteiger partial charge is 0.227 e. The largest absolute Gasteiger partial charge is 0.295 e. The van der Waals surface area contributed by atoms with Crippen LogP contribution in [0.2, 0.25) is 0 Å². The van der Waals surface area contributed by atoms with E-state index in [1.165, 1.54) is 17.5 Å². The molecule has 1 aromatic carbocycles. The van der Waals surface area contributed by atoms with Crippen LogP contribution in [0.1, 0.15) is 40.7 Å². The van der Waals surface area contributed by atoms with E-state index < -0.39 is 0 Å². The van der Waals surface area contributed by atoms with Crippen molar-refractivity contribution in [3.63, 3.8) is 0 Å². The van der Waals surface area contributed by atoms with Gasteiger partial charge in [-0.15, -0.1) is 0 Å². The summed E-state index contributed by atoms with van der Waals surface area (Å²) in [6.07, 6.45) is 4.94. The van der Waals surface area contributed by atoms with E-state index in [-0.39, 0.29) is 24.5 Å². The number of nitrogens with one attached hydrogen (secondary N) is 2. The van der Waals surface area contributed by atoms with Gasteiger partial charge in [0.2, 0.25) is 11.9 Å². The zero-order chi connectivity index (χ0) is 14.7. The number of nitrogens with zero attached hydrogens (tertiary/aromatic N) is 2. The fourth-order valence-corrected chi connectivity index (χ4v) is 2.58. The lowest BCUT2D eigenvalue weighted by molar-refractivity contribution is -0.116. The summed E-state index contributed by atoms with van der Waals surface area (Å²) in [5, 5.41) is 8.72. The summed E-state index contributed by atoms with van der Waals surface area (Å²) in [4.78, 5) is 27.6. The number of Topliss-reactive ketones (excluding diaryl/α,β-unsaturated/α-hetero) is 1. The molecule has 0 aliphatic heterocycles. The molecule has 0 saturated carbocycles. The zero-order valence-corrected chi connectivity index (χ0v) is 11.6. The molecule has 1 aliphatic rings. The Hall–Kier alpha value is -2.50. The lowest BCUT2D eigenvalue weighted by atomic mass is 10.0. The Balaban J connectivity index is 1.55. The van der Waals surface area contributed by atoms with Gasteiger partial charge in [0.25, 0.3) is 0 Å². The first kappa shape index (κ1) is 13.5. The summed E-state index contributed by atoms with van der Waals surface area (Å²) >= 11 is 0. The molecule has 1 heterocycles. The number of H-pyrrole nitrogens is 1. The van der Waals surface area contributed by atoms with Crippen molar-refractivity contribution in [3.05, 3.63) is 41.2 Å². The normalized spacial score (nSPS) is 13.0. The van der Waals surface area contributed by atoms with Crippen LogP contribution in [-0.2, 0) is 17.6 Å². The van der Waals surface area contributed by atoms with Crippen LogP contribution < -0.4 is 5.32 Å². The van der Waals surface area contributed by atoms with Crippen LogP contribution in [0.4, 0.5) is 5.95 Å². The highest BCUT2D eigenvalue weighted by Crippen LogP contribution is 2.23. The zero-order valence-electron chi connectivity index (χ0n) is 11.6. The van der Waals surface area contributed by atoms with Gasteiger partial charge in [0.1, 0.15) is 6.33 Å². The summed E-state index contributed by atoms with van der Waals surface area (Å²) in [5.74, 6) is 0.0451. The molecule has 21 heavy (non-hydrogen) atoms. The molecule has 1 aliphatic carbocycles. The van der Waals surface area contributed by atoms with Gasteiger partial charge in [0.15, 0.2) is 5.78 Å². The average molecular weight is 284 g/mol. The van der Waals surface area contributed by atoms with Crippen molar-refractivity contribution < 1.29 is 9.59 Å². The number of carbonyl (C=O) groups excluding carboxylic acids is 2. The van der Waals surface area contributed by atoms with Gasteiger partial charge < -0.3 is 0 Å². The van der Waals surface area contributed by atoms with Crippen molar-refractivity contribution in [1.82, 2.24) is 15.2 Å². The van der Waals surface area contributed by atoms with Gasteiger partial charge in [-0.05, 0) is 36.5 Å². The molecule has 0 spiro atoms. The number of hydrogen-bond acceptors (Lipinski definition) is 4. The summed E-state index contributed by atoms with van der Waals surface area (Å²) in [5.41, 5.74) is 3.31. The SMILES string of the molecule is O=C(CCC(=O)c1ccc2c(c1)CCC2)Nc1ncn[nH]1. The number of aromatic amines is 1. The Morgan fingerprint density at radius 2 is 2.05 bits per heavy atom. The summed E-state index contributed by atoms with van der Waals surface area (Å²) in [6, 6.07) is 5.87. The molecule has 2 N–H and O–H groups in total. The fourth-order valence-electron chi connectivity index (χ4n) is 2.58. The van der Waals surface area contributed by atoms with E-state index in [2.05, 4.69) is 20.5 Å². The molecule has 6 heteroatoms. The second kappa shape index (κ2) is 5.87. The van der Waals surface area contributed by atoms with Gasteiger partial charge in [-0.1, -0.05) is 12.1 Å². The minimum atomic E-state index is -0.249. The molecular weight excluding hydrogens is 268 g/mol. The monoisotopic (exact) mass is 284 g/mol. The number of benzene rings is 1. The van der Waals surface area contributed by atoms with Crippen LogP contribution in [0.3, 0.4) is 0 Å². The predicted molar refractivity (Wildman–Crippen MR) is 77.0 cm³/mol. The predicted octanol–water partition coefficient (Wildman–Crippen LogP) is 1.89. The maximum atomic E-state index is 12.1. The summed E-state index contributed by atoms with van der Waals surface area (Å²) in [6.45, 7) is 0. The summed E-state index contributed by atoms with van der Waals surface area (Å²) < 4.78 is 0. The quantitative estimate of drug-likeness (QED) is 0.821. The van der Waals surface area contributed by atoms with Crippen LogP contribution in [-0.4, -0.2) is 26.9 Å². The van der Waals surface area contributed by atoms with Crippen LogP contribution in [0.25, 0.3) is 0 Å². The first-order valence-corrected chi connectivity index (χ1v) is 7.02. The second-order valence-electron chi connectivity index (χ2n) is 5.14. The molecular formula is C15H16N4O2. The van der Waals surface area contributed by atoms with E-state index in [0.717, 1.165) is 19.3 Å². The molecule has 0 atom stereocenters. The first-order valence-electron chi connectivity index (χ1n) is 7.02. The third-order valence-corrected chi connectivity index (χ3v) is 3.67. The maximum absolute atomic E-state index is 12.1. The van der Waals surface area contributed by atoms with Gasteiger partial charge in [-0.2, -0.15) is 10.1 Å². The van der Waals surface area contributed by atoms with Crippen LogP contribution in [0.15, 0.2) is 24.5 Å². The van der Waals surface area contributed by atoms with Crippen molar-refractivity contribution in [2.24, 2.45) is 0 Å². The molecule has 2 aromatic rings. The number of aryl methyl sites for hydroxylation is 2. The molecule has 0 saturated heterocycles. The minimum Gasteiger partial charge on any atom is -0.295 e. The molecule has 1 amide bonds. The topological polar surface area (TPSA) is 87.7 Å². The molecule has 0 radical (unpaired) electrons. The van der Waals surface area contributed by atoms with E-state index in [0.29, 0.717) is 11.5 Å². The van der Waals surface area contributed by atoms with Crippen LogP contribution in [0.5, 0.6) is 0 Å². The van der Waals surface area contributed by atoms with E-state index in [1.54, 1.807) is 0 Å². The molecule has 0 unspecified atom stereocenters. The van der Waals surface area contributed by atoms with Crippen molar-refractivity contribution >= 4 is 17.6 Å². The molecule has 6 nitrogen and oxygen atoms in total. The molecule has 1 aromatic heterocycles. The van der Waals surface area contributed by atoms with E-state index in [4.69, 9.17) is 0 Å². The third-order valence-electron chi connectivity index (χ3n) is 3.67. The summed E-state index contributed by atoms with van der Waals surface area (Å²) in [7, 11) is 0. The van der Waals surface area contributed by atoms with Crippen molar-refractivity contribution in [2.45, 2.75) is 32.1 Å². The van der Waals surface area contributed by atoms with Gasteiger partial charge >= 0.3 is 0 Å². The molecule has 0 fully saturated rings. The Morgan fingerprint density at radius 1 is 1.19 bits per heavy atom. The number of anilines is 1. The number of fused-ring (bicyclic) bond motifs is 1. The Morgan fingerprint density at radius 3 is 2.86 bits per heavy atom. The van der Waals surface area contributed by atoms with E-state index in [1.807, 2.05) is 18.2 Å². The average Bonchev–Trinajstić information content (AvgIpc) is 3.14. The Bertz CT molecular complexity index is 664. The number of carbonyl (C=O) groups is 2. The third kappa shape index (κ3) is 3.16. The minimum absolute atomic E-state index is 0.00239. The van der Waals surface area contributed by atoms with Crippen LogP contribution >= 0.6 is 0 Å². The van der Waals surface area contributed by atoms with Gasteiger partial charge in [-0.25, -0.2) is 5.10 Å². The van der Waals surface area contributed by atoms with Gasteiger partial charge in [-0.3, -0.25) is 14.9 Å². The van der Waals surface area contributed by atoms with Gasteiger partial charge in [0.05, 0.1) is 0 Å². The van der Waals surface area contributed by atoms with E-state index >= 15 is 0 Å². The van der Waals surface area contributed by atoms with Crippen molar-refractivity contribution in [3.8, 4) is 0 Å². The van der Waals surface area contributed by atoms with Crippen LogP contribution in [0, 0.1) is 0 Å². The standard InChI is InChI=1S/C15H16N4O2/c20-13(6-7-14(21)18-15-16-9-17-19-15)12-5-4-10-2-1-3-11(10)8-12/h4-5,8-9H,1-3,6-7H2,(H2,16,17,18,19,21). The van der Waals surface area contributed by atoms with Gasteiger partial charge in [0, 0.05) is 18.4 Å². The highest BCUT2D eigenvalue weighted by Gasteiger charge is 2.15. The number of ketones is 1. The molecule has 3 rings (SSSR count). The highest BCUT2D eigenvalue weighted by atomic mass is 16.2. The lowest BCUT2D eigenvalue weighted by Crippen LogP contribution is -2.14. The number of rotatable bonds is 5. The lowest BCUT2D eigenvalue weighted by Gasteiger charge is -2.04. The highest BCUT2D eigenvalue weighted by molar-refractivity contribution is 5.99. The second-order valence-corrected chi connectivity index (χ2v) is 5.14. The maximum Gasteiger partial charge on any atom is 0.227 e.